The number of rotatable bonds is 4. The summed E-state index contributed by atoms with van der Waals surface area (Å²) >= 11 is 5.78. The van der Waals surface area contributed by atoms with Crippen LogP contribution in [0.3, 0.4) is 0 Å². The van der Waals surface area contributed by atoms with Crippen LogP contribution in [0, 0.1) is 0 Å². The molecular formula is C13H17ClN2O2S. The van der Waals surface area contributed by atoms with Gasteiger partial charge in [0.2, 0.25) is 5.91 Å². The summed E-state index contributed by atoms with van der Waals surface area (Å²) in [5.41, 5.74) is 6.11. The highest BCUT2D eigenvalue weighted by molar-refractivity contribution is 7.86. The van der Waals surface area contributed by atoms with Crippen LogP contribution in [0.15, 0.2) is 23.1 Å². The third kappa shape index (κ3) is 3.94. The lowest BCUT2D eigenvalue weighted by molar-refractivity contribution is -0.119. The molecule has 1 fully saturated rings. The zero-order chi connectivity index (χ0) is 13.8. The van der Waals surface area contributed by atoms with E-state index in [0.29, 0.717) is 15.6 Å². The van der Waals surface area contributed by atoms with Crippen molar-refractivity contribution in [2.45, 2.75) is 36.6 Å². The van der Waals surface area contributed by atoms with Crippen LogP contribution < -0.4 is 11.1 Å². The Morgan fingerprint density at radius 3 is 2.74 bits per heavy atom. The smallest absolute Gasteiger partial charge is 0.233 e. The maximum Gasteiger partial charge on any atom is 0.233 e. The Labute approximate surface area is 120 Å². The lowest BCUT2D eigenvalue weighted by atomic mass is 10.2. The summed E-state index contributed by atoms with van der Waals surface area (Å²) in [6, 6.07) is 5.02. The molecule has 0 saturated heterocycles. The molecule has 0 spiro atoms. The largest absolute Gasteiger partial charge is 0.398 e. The van der Waals surface area contributed by atoms with Crippen LogP contribution in [0.5, 0.6) is 0 Å². The number of benzene rings is 1. The van der Waals surface area contributed by atoms with Gasteiger partial charge in [0.25, 0.3) is 0 Å². The van der Waals surface area contributed by atoms with Gasteiger partial charge < -0.3 is 11.1 Å². The number of carbonyl (C=O) groups excluding carboxylic acids is 1. The fraction of sp³-hybridized carbons (Fsp3) is 0.462. The van der Waals surface area contributed by atoms with Gasteiger partial charge in [0, 0.05) is 16.8 Å². The minimum Gasteiger partial charge on any atom is -0.398 e. The molecule has 4 nitrogen and oxygen atoms in total. The van der Waals surface area contributed by atoms with E-state index in [-0.39, 0.29) is 17.7 Å². The molecule has 1 amide bonds. The molecule has 1 aliphatic rings. The molecule has 6 heteroatoms. The van der Waals surface area contributed by atoms with Crippen LogP contribution >= 0.6 is 11.6 Å². The number of nitrogens with one attached hydrogen (secondary N) is 1. The summed E-state index contributed by atoms with van der Waals surface area (Å²) in [7, 11) is -1.43. The highest BCUT2D eigenvalue weighted by atomic mass is 35.5. The van der Waals surface area contributed by atoms with Crippen LogP contribution in [0.1, 0.15) is 25.7 Å². The van der Waals surface area contributed by atoms with Gasteiger partial charge in [0.05, 0.1) is 15.7 Å². The van der Waals surface area contributed by atoms with Gasteiger partial charge >= 0.3 is 0 Å². The van der Waals surface area contributed by atoms with Gasteiger partial charge in [0.15, 0.2) is 0 Å². The summed E-state index contributed by atoms with van der Waals surface area (Å²) in [6.45, 7) is 0. The van der Waals surface area contributed by atoms with Gasteiger partial charge in [-0.25, -0.2) is 0 Å². The molecule has 2 rings (SSSR count). The van der Waals surface area contributed by atoms with E-state index in [9.17, 15) is 9.00 Å². The van der Waals surface area contributed by atoms with E-state index in [4.69, 9.17) is 17.3 Å². The Hall–Kier alpha value is -1.07. The van der Waals surface area contributed by atoms with Crippen molar-refractivity contribution < 1.29 is 9.00 Å². The number of anilines is 1. The van der Waals surface area contributed by atoms with Crippen molar-refractivity contribution in [1.29, 1.82) is 0 Å². The Kier molecular flexibility index (Phi) is 4.82. The number of amides is 1. The third-order valence-corrected chi connectivity index (χ3v) is 4.82. The lowest BCUT2D eigenvalue weighted by Gasteiger charge is -2.12. The third-order valence-electron chi connectivity index (χ3n) is 3.20. The molecule has 0 radical (unpaired) electrons. The molecule has 1 unspecified atom stereocenters. The van der Waals surface area contributed by atoms with E-state index in [1.165, 1.54) is 0 Å². The van der Waals surface area contributed by atoms with E-state index >= 15 is 0 Å². The molecule has 1 aromatic rings. The first-order chi connectivity index (χ1) is 9.06. The Morgan fingerprint density at radius 2 is 2.11 bits per heavy atom. The Morgan fingerprint density at radius 1 is 1.42 bits per heavy atom. The number of nitrogen functional groups attached to an aromatic ring is 1. The monoisotopic (exact) mass is 300 g/mol. The van der Waals surface area contributed by atoms with Crippen LogP contribution in [0.2, 0.25) is 5.02 Å². The zero-order valence-corrected chi connectivity index (χ0v) is 12.1. The first-order valence-electron chi connectivity index (χ1n) is 6.29. The second-order valence-electron chi connectivity index (χ2n) is 4.72. The molecule has 1 aromatic carbocycles. The minimum absolute atomic E-state index is 0.0532. The minimum atomic E-state index is -1.43. The molecule has 0 bridgehead atoms. The van der Waals surface area contributed by atoms with Gasteiger partial charge in [-0.3, -0.25) is 9.00 Å². The van der Waals surface area contributed by atoms with Crippen molar-refractivity contribution in [1.82, 2.24) is 5.32 Å². The van der Waals surface area contributed by atoms with Crippen LogP contribution in [-0.4, -0.2) is 21.9 Å². The first kappa shape index (κ1) is 14.3. The molecule has 3 N–H and O–H groups in total. The Bertz CT molecular complexity index is 501. The Balaban J connectivity index is 1.94. The van der Waals surface area contributed by atoms with Crippen molar-refractivity contribution in [3.63, 3.8) is 0 Å². The summed E-state index contributed by atoms with van der Waals surface area (Å²) in [5, 5.41) is 3.41. The number of nitrogens with two attached hydrogens (primary N) is 1. The normalized spacial score (nSPS) is 17.3. The lowest BCUT2D eigenvalue weighted by Crippen LogP contribution is -2.35. The molecular weight excluding hydrogens is 284 g/mol. The highest BCUT2D eigenvalue weighted by Gasteiger charge is 2.19. The van der Waals surface area contributed by atoms with Crippen molar-refractivity contribution in [2.75, 3.05) is 11.5 Å². The highest BCUT2D eigenvalue weighted by Crippen LogP contribution is 2.21. The summed E-state index contributed by atoms with van der Waals surface area (Å²) < 4.78 is 12.1. The second-order valence-corrected chi connectivity index (χ2v) is 6.58. The SMILES string of the molecule is Nc1cc(Cl)ccc1S(=O)CC(=O)NC1CCCC1. The molecule has 19 heavy (non-hydrogen) atoms. The van der Waals surface area contributed by atoms with E-state index in [1.807, 2.05) is 0 Å². The van der Waals surface area contributed by atoms with E-state index in [2.05, 4.69) is 5.32 Å². The van der Waals surface area contributed by atoms with Crippen molar-refractivity contribution in [2.24, 2.45) is 0 Å². The molecule has 0 aliphatic heterocycles. The molecule has 0 aromatic heterocycles. The molecule has 1 atom stereocenters. The molecule has 1 saturated carbocycles. The van der Waals surface area contributed by atoms with E-state index in [1.54, 1.807) is 18.2 Å². The van der Waals surface area contributed by atoms with E-state index < -0.39 is 10.8 Å². The fourth-order valence-corrected chi connectivity index (χ4v) is 3.46. The maximum absolute atomic E-state index is 12.1. The number of carbonyl (C=O) groups is 1. The summed E-state index contributed by atoms with van der Waals surface area (Å²) in [6.07, 6.45) is 4.33. The predicted molar refractivity (Wildman–Crippen MR) is 77.5 cm³/mol. The van der Waals surface area contributed by atoms with Gasteiger partial charge in [-0.05, 0) is 31.0 Å². The molecule has 104 valence electrons. The van der Waals surface area contributed by atoms with Crippen molar-refractivity contribution in [3.05, 3.63) is 23.2 Å². The van der Waals surface area contributed by atoms with Gasteiger partial charge in [-0.1, -0.05) is 24.4 Å². The average Bonchev–Trinajstić information content (AvgIpc) is 2.81. The topological polar surface area (TPSA) is 72.2 Å². The second kappa shape index (κ2) is 6.39. The van der Waals surface area contributed by atoms with Crippen LogP contribution in [-0.2, 0) is 15.6 Å². The van der Waals surface area contributed by atoms with Gasteiger partial charge in [-0.15, -0.1) is 0 Å². The summed E-state index contributed by atoms with van der Waals surface area (Å²) in [4.78, 5) is 12.3. The predicted octanol–water partition coefficient (Wildman–Crippen LogP) is 2.09. The standard InChI is InChI=1S/C13H17ClN2O2S/c14-9-5-6-12(11(15)7-9)19(18)8-13(17)16-10-3-1-2-4-10/h5-7,10H,1-4,8,15H2,(H,16,17). The number of hydrogen-bond donors (Lipinski definition) is 2. The van der Waals surface area contributed by atoms with Crippen molar-refractivity contribution >= 4 is 34.0 Å². The molecule has 0 heterocycles. The van der Waals surface area contributed by atoms with Crippen molar-refractivity contribution in [3.8, 4) is 0 Å². The molecule has 1 aliphatic carbocycles. The zero-order valence-electron chi connectivity index (χ0n) is 10.5. The van der Waals surface area contributed by atoms with Crippen LogP contribution in [0.25, 0.3) is 0 Å². The first-order valence-corrected chi connectivity index (χ1v) is 7.98. The average molecular weight is 301 g/mol. The quantitative estimate of drug-likeness (QED) is 0.836. The number of halogens is 1. The van der Waals surface area contributed by atoms with E-state index in [0.717, 1.165) is 25.7 Å². The van der Waals surface area contributed by atoms with Crippen LogP contribution in [0.4, 0.5) is 5.69 Å². The van der Waals surface area contributed by atoms with Gasteiger partial charge in [-0.2, -0.15) is 0 Å². The van der Waals surface area contributed by atoms with Gasteiger partial charge in [0.1, 0.15) is 5.75 Å². The maximum atomic E-state index is 12.1. The summed E-state index contributed by atoms with van der Waals surface area (Å²) in [5.74, 6) is -0.234. The number of hydrogen-bond acceptors (Lipinski definition) is 3. The fourth-order valence-electron chi connectivity index (χ4n) is 2.26.